The number of carbonyl (C=O) groups excluding carboxylic acids is 1. The summed E-state index contributed by atoms with van der Waals surface area (Å²) in [5.41, 5.74) is 8.14. The summed E-state index contributed by atoms with van der Waals surface area (Å²) in [4.78, 5) is 13.7. The molecule has 0 aliphatic carbocycles. The lowest BCUT2D eigenvalue weighted by molar-refractivity contribution is -0.274. The Balaban J connectivity index is 2.74. The van der Waals surface area contributed by atoms with E-state index in [4.69, 9.17) is 5.53 Å². The highest BCUT2D eigenvalue weighted by molar-refractivity contribution is 5.97. The van der Waals surface area contributed by atoms with Gasteiger partial charge in [0.25, 0.3) is 0 Å². The standard InChI is InChI=1S/C9H6F3N3O2/c10-9(11,12)17-7-3-1-6(2-4-7)8(16)5-14-15-13/h1-4H,5H2. The molecule has 0 aliphatic rings. The molecule has 5 nitrogen and oxygen atoms in total. The van der Waals surface area contributed by atoms with Crippen molar-refractivity contribution in [3.8, 4) is 5.75 Å². The molecule has 0 spiro atoms. The van der Waals surface area contributed by atoms with Crippen molar-refractivity contribution < 1.29 is 22.7 Å². The largest absolute Gasteiger partial charge is 0.573 e. The van der Waals surface area contributed by atoms with Crippen molar-refractivity contribution in [1.82, 2.24) is 0 Å². The quantitative estimate of drug-likeness (QED) is 0.353. The molecule has 0 aromatic heterocycles. The monoisotopic (exact) mass is 245 g/mol. The normalized spacial score (nSPS) is 10.5. The summed E-state index contributed by atoms with van der Waals surface area (Å²) in [6, 6.07) is 4.35. The predicted molar refractivity (Wildman–Crippen MR) is 51.5 cm³/mol. The Labute approximate surface area is 93.4 Å². The van der Waals surface area contributed by atoms with Crippen LogP contribution in [0.15, 0.2) is 29.4 Å². The van der Waals surface area contributed by atoms with Gasteiger partial charge in [-0.2, -0.15) is 0 Å². The Morgan fingerprint density at radius 1 is 1.35 bits per heavy atom. The maximum absolute atomic E-state index is 11.8. The van der Waals surface area contributed by atoms with E-state index in [0.29, 0.717) is 0 Å². The second-order valence-electron chi connectivity index (χ2n) is 2.88. The van der Waals surface area contributed by atoms with Crippen LogP contribution in [0.2, 0.25) is 0 Å². The van der Waals surface area contributed by atoms with E-state index < -0.39 is 17.9 Å². The van der Waals surface area contributed by atoms with E-state index >= 15 is 0 Å². The van der Waals surface area contributed by atoms with E-state index in [-0.39, 0.29) is 12.1 Å². The van der Waals surface area contributed by atoms with Gasteiger partial charge in [0.1, 0.15) is 5.75 Å². The van der Waals surface area contributed by atoms with Gasteiger partial charge in [-0.1, -0.05) is 5.11 Å². The number of hydrogen-bond acceptors (Lipinski definition) is 3. The maximum atomic E-state index is 11.8. The second kappa shape index (κ2) is 5.22. The summed E-state index contributed by atoms with van der Waals surface area (Å²) < 4.78 is 39.1. The summed E-state index contributed by atoms with van der Waals surface area (Å²) in [6.45, 7) is -0.379. The molecule has 0 atom stereocenters. The average Bonchev–Trinajstić information content (AvgIpc) is 2.24. The number of halogens is 3. The first-order valence-corrected chi connectivity index (χ1v) is 4.32. The SMILES string of the molecule is [N-]=[N+]=NCC(=O)c1ccc(OC(F)(F)F)cc1. The second-order valence-corrected chi connectivity index (χ2v) is 2.88. The summed E-state index contributed by atoms with van der Waals surface area (Å²) in [5.74, 6) is -0.904. The van der Waals surface area contributed by atoms with Crippen molar-refractivity contribution in [2.45, 2.75) is 6.36 Å². The van der Waals surface area contributed by atoms with Crippen LogP contribution in [0.1, 0.15) is 10.4 Å². The molecule has 1 aromatic rings. The minimum atomic E-state index is -4.77. The number of carbonyl (C=O) groups is 1. The van der Waals surface area contributed by atoms with Crippen molar-refractivity contribution in [3.05, 3.63) is 40.3 Å². The van der Waals surface area contributed by atoms with E-state index in [2.05, 4.69) is 14.8 Å². The molecule has 1 rings (SSSR count). The predicted octanol–water partition coefficient (Wildman–Crippen LogP) is 3.08. The van der Waals surface area contributed by atoms with Gasteiger partial charge in [0.2, 0.25) is 0 Å². The van der Waals surface area contributed by atoms with Crippen LogP contribution in [0.25, 0.3) is 10.4 Å². The third-order valence-electron chi connectivity index (χ3n) is 1.69. The van der Waals surface area contributed by atoms with Gasteiger partial charge >= 0.3 is 6.36 Å². The number of alkyl halides is 3. The summed E-state index contributed by atoms with van der Waals surface area (Å²) >= 11 is 0. The molecule has 17 heavy (non-hydrogen) atoms. The fourth-order valence-electron chi connectivity index (χ4n) is 1.03. The van der Waals surface area contributed by atoms with Gasteiger partial charge in [0.05, 0.1) is 6.54 Å². The third kappa shape index (κ3) is 4.43. The molecule has 0 fully saturated rings. The Hall–Kier alpha value is -2.21. The van der Waals surface area contributed by atoms with E-state index in [9.17, 15) is 18.0 Å². The van der Waals surface area contributed by atoms with Gasteiger partial charge in [0, 0.05) is 10.5 Å². The number of nitrogens with zero attached hydrogens (tertiary/aromatic N) is 3. The first-order chi connectivity index (χ1) is 7.92. The molecule has 0 amide bonds. The van der Waals surface area contributed by atoms with Gasteiger partial charge in [-0.3, -0.25) is 4.79 Å². The molecule has 0 heterocycles. The van der Waals surface area contributed by atoms with Gasteiger partial charge in [0.15, 0.2) is 5.78 Å². The van der Waals surface area contributed by atoms with Crippen molar-refractivity contribution in [2.75, 3.05) is 6.54 Å². The van der Waals surface area contributed by atoms with Crippen LogP contribution < -0.4 is 4.74 Å². The van der Waals surface area contributed by atoms with Crippen molar-refractivity contribution in [1.29, 1.82) is 0 Å². The van der Waals surface area contributed by atoms with Crippen LogP contribution in [0.5, 0.6) is 5.75 Å². The molecule has 0 saturated heterocycles. The lowest BCUT2D eigenvalue weighted by Crippen LogP contribution is -2.17. The fourth-order valence-corrected chi connectivity index (χ4v) is 1.03. The Morgan fingerprint density at radius 2 is 1.94 bits per heavy atom. The van der Waals surface area contributed by atoms with Crippen molar-refractivity contribution in [3.63, 3.8) is 0 Å². The number of ether oxygens (including phenoxy) is 1. The summed E-state index contributed by atoms with van der Waals surface area (Å²) in [7, 11) is 0. The molecule has 0 saturated carbocycles. The van der Waals surface area contributed by atoms with E-state index in [1.54, 1.807) is 0 Å². The zero-order valence-electron chi connectivity index (χ0n) is 8.31. The maximum Gasteiger partial charge on any atom is 0.573 e. The average molecular weight is 245 g/mol. The van der Waals surface area contributed by atoms with Gasteiger partial charge in [-0.05, 0) is 29.8 Å². The van der Waals surface area contributed by atoms with Crippen LogP contribution >= 0.6 is 0 Å². The number of hydrogen-bond donors (Lipinski definition) is 0. The number of Topliss-reactive ketones (excluding diaryl/α,β-unsaturated/α-hetero) is 1. The van der Waals surface area contributed by atoms with Gasteiger partial charge in [-0.25, -0.2) is 0 Å². The Morgan fingerprint density at radius 3 is 2.41 bits per heavy atom. The Kier molecular flexibility index (Phi) is 3.95. The highest BCUT2D eigenvalue weighted by Gasteiger charge is 2.30. The topological polar surface area (TPSA) is 75.1 Å². The Bertz CT molecular complexity index is 450. The molecule has 90 valence electrons. The highest BCUT2D eigenvalue weighted by Crippen LogP contribution is 2.22. The minimum absolute atomic E-state index is 0.145. The zero-order chi connectivity index (χ0) is 12.9. The van der Waals surface area contributed by atoms with Crippen LogP contribution in [-0.4, -0.2) is 18.7 Å². The number of rotatable bonds is 4. The zero-order valence-corrected chi connectivity index (χ0v) is 8.31. The number of azide groups is 1. The summed E-state index contributed by atoms with van der Waals surface area (Å²) in [5, 5.41) is 3.05. The molecule has 0 N–H and O–H groups in total. The van der Waals surface area contributed by atoms with E-state index in [1.165, 1.54) is 0 Å². The molecular formula is C9H6F3N3O2. The van der Waals surface area contributed by atoms with Gasteiger partial charge in [-0.15, -0.1) is 13.2 Å². The van der Waals surface area contributed by atoms with Crippen LogP contribution in [-0.2, 0) is 0 Å². The van der Waals surface area contributed by atoms with Crippen molar-refractivity contribution in [2.24, 2.45) is 5.11 Å². The van der Waals surface area contributed by atoms with Crippen LogP contribution in [0.4, 0.5) is 13.2 Å². The van der Waals surface area contributed by atoms with Crippen LogP contribution in [0, 0.1) is 0 Å². The third-order valence-corrected chi connectivity index (χ3v) is 1.69. The molecule has 1 aromatic carbocycles. The molecule has 0 bridgehead atoms. The van der Waals surface area contributed by atoms with Gasteiger partial charge < -0.3 is 4.74 Å². The molecule has 0 aliphatic heterocycles. The molecular weight excluding hydrogens is 239 g/mol. The highest BCUT2D eigenvalue weighted by atomic mass is 19.4. The minimum Gasteiger partial charge on any atom is -0.406 e. The number of benzene rings is 1. The first-order valence-electron chi connectivity index (χ1n) is 4.32. The fraction of sp³-hybridized carbons (Fsp3) is 0.222. The van der Waals surface area contributed by atoms with E-state index in [0.717, 1.165) is 24.3 Å². The molecule has 0 radical (unpaired) electrons. The first kappa shape index (κ1) is 12.9. The number of ketones is 1. The van der Waals surface area contributed by atoms with Crippen molar-refractivity contribution >= 4 is 5.78 Å². The lowest BCUT2D eigenvalue weighted by Gasteiger charge is -2.08. The van der Waals surface area contributed by atoms with E-state index in [1.807, 2.05) is 0 Å². The molecule has 0 unspecified atom stereocenters. The van der Waals surface area contributed by atoms with Crippen LogP contribution in [0.3, 0.4) is 0 Å². The summed E-state index contributed by atoms with van der Waals surface area (Å²) in [6.07, 6.45) is -4.77. The lowest BCUT2D eigenvalue weighted by atomic mass is 10.1. The smallest absolute Gasteiger partial charge is 0.406 e. The molecule has 8 heteroatoms.